The number of carbonyl (C=O) groups excluding carboxylic acids is 1. The summed E-state index contributed by atoms with van der Waals surface area (Å²) >= 11 is 2.04. The number of hydrogen-bond donors (Lipinski definition) is 1. The first kappa shape index (κ1) is 14.2. The normalized spacial score (nSPS) is 23.3. The van der Waals surface area contributed by atoms with Crippen molar-refractivity contribution in [1.29, 1.82) is 0 Å². The summed E-state index contributed by atoms with van der Waals surface area (Å²) in [6, 6.07) is 0. The van der Waals surface area contributed by atoms with Crippen LogP contribution in [0.25, 0.3) is 0 Å². The third-order valence-electron chi connectivity index (χ3n) is 4.26. The average molecular weight is 270 g/mol. The molecule has 0 bridgehead atoms. The molecule has 2 rings (SSSR count). The van der Waals surface area contributed by atoms with E-state index in [4.69, 9.17) is 0 Å². The summed E-state index contributed by atoms with van der Waals surface area (Å²) in [5.41, 5.74) is 0. The largest absolute Gasteiger partial charge is 0.343 e. The van der Waals surface area contributed by atoms with Crippen molar-refractivity contribution in [3.8, 4) is 0 Å². The van der Waals surface area contributed by atoms with Crippen LogP contribution in [0.3, 0.4) is 0 Å². The molecule has 2 heterocycles. The number of nitrogens with one attached hydrogen (secondary N) is 1. The van der Waals surface area contributed by atoms with Gasteiger partial charge in [0.1, 0.15) is 0 Å². The van der Waals surface area contributed by atoms with Gasteiger partial charge in [0.05, 0.1) is 0 Å². The second-order valence-electron chi connectivity index (χ2n) is 5.64. The van der Waals surface area contributed by atoms with Crippen molar-refractivity contribution in [1.82, 2.24) is 10.2 Å². The van der Waals surface area contributed by atoms with Gasteiger partial charge in [0.15, 0.2) is 0 Å². The molecular formula is C14H26N2OS. The lowest BCUT2D eigenvalue weighted by Gasteiger charge is -2.33. The minimum Gasteiger partial charge on any atom is -0.343 e. The molecule has 4 heteroatoms. The predicted octanol–water partition coefficient (Wildman–Crippen LogP) is 1.98. The minimum absolute atomic E-state index is 0.412. The molecule has 0 aromatic heterocycles. The third kappa shape index (κ3) is 4.16. The van der Waals surface area contributed by atoms with Gasteiger partial charge < -0.3 is 10.2 Å². The van der Waals surface area contributed by atoms with E-state index in [0.717, 1.165) is 32.0 Å². The molecule has 2 fully saturated rings. The topological polar surface area (TPSA) is 32.3 Å². The van der Waals surface area contributed by atoms with E-state index in [9.17, 15) is 4.79 Å². The fourth-order valence-corrected chi connectivity index (χ4v) is 4.21. The highest BCUT2D eigenvalue weighted by atomic mass is 32.2. The molecule has 0 unspecified atom stereocenters. The molecule has 2 aliphatic heterocycles. The molecule has 1 amide bonds. The first-order valence-electron chi connectivity index (χ1n) is 7.29. The maximum atomic E-state index is 12.2. The zero-order valence-electron chi connectivity index (χ0n) is 11.5. The van der Waals surface area contributed by atoms with Crippen LogP contribution in [-0.2, 0) is 4.79 Å². The van der Waals surface area contributed by atoms with Crippen LogP contribution in [0.15, 0.2) is 0 Å². The summed E-state index contributed by atoms with van der Waals surface area (Å²) in [5.74, 6) is 4.35. The summed E-state index contributed by atoms with van der Waals surface area (Å²) in [7, 11) is 2.01. The molecule has 0 radical (unpaired) electrons. The zero-order chi connectivity index (χ0) is 12.8. The molecule has 0 aliphatic carbocycles. The second kappa shape index (κ2) is 7.39. The fourth-order valence-electron chi connectivity index (χ4n) is 3.00. The molecule has 1 N–H and O–H groups in total. The van der Waals surface area contributed by atoms with E-state index in [1.165, 1.54) is 37.2 Å². The molecule has 18 heavy (non-hydrogen) atoms. The standard InChI is InChI=1S/C14H26N2OS/c1-15-11-13-2-6-16(7-3-13)14(17)10-12-4-8-18-9-5-12/h12-13,15H,2-11H2,1H3. The van der Waals surface area contributed by atoms with Crippen molar-refractivity contribution in [2.75, 3.05) is 38.2 Å². The Balaban J connectivity index is 1.70. The average Bonchev–Trinajstić information content (AvgIpc) is 2.41. The fraction of sp³-hybridized carbons (Fsp3) is 0.929. The Kier molecular flexibility index (Phi) is 5.83. The van der Waals surface area contributed by atoms with Crippen LogP contribution in [0.5, 0.6) is 0 Å². The van der Waals surface area contributed by atoms with E-state index in [2.05, 4.69) is 10.2 Å². The molecule has 104 valence electrons. The maximum Gasteiger partial charge on any atom is 0.222 e. The number of amides is 1. The van der Waals surface area contributed by atoms with Crippen LogP contribution in [0.4, 0.5) is 0 Å². The SMILES string of the molecule is CNCC1CCN(C(=O)CC2CCSCC2)CC1. The lowest BCUT2D eigenvalue weighted by atomic mass is 9.94. The Morgan fingerprint density at radius 2 is 1.83 bits per heavy atom. The van der Waals surface area contributed by atoms with E-state index < -0.39 is 0 Å². The van der Waals surface area contributed by atoms with Crippen molar-refractivity contribution < 1.29 is 4.79 Å². The second-order valence-corrected chi connectivity index (χ2v) is 6.87. The quantitative estimate of drug-likeness (QED) is 0.848. The molecule has 0 saturated carbocycles. The van der Waals surface area contributed by atoms with Gasteiger partial charge in [0, 0.05) is 19.5 Å². The van der Waals surface area contributed by atoms with Crippen molar-refractivity contribution in [3.63, 3.8) is 0 Å². The lowest BCUT2D eigenvalue weighted by Crippen LogP contribution is -2.41. The van der Waals surface area contributed by atoms with Gasteiger partial charge in [-0.3, -0.25) is 4.79 Å². The molecule has 0 aromatic carbocycles. The highest BCUT2D eigenvalue weighted by Crippen LogP contribution is 2.26. The van der Waals surface area contributed by atoms with E-state index in [0.29, 0.717) is 11.8 Å². The van der Waals surface area contributed by atoms with E-state index in [1.54, 1.807) is 0 Å². The van der Waals surface area contributed by atoms with Crippen LogP contribution >= 0.6 is 11.8 Å². The first-order valence-corrected chi connectivity index (χ1v) is 8.45. The Hall–Kier alpha value is -0.220. The van der Waals surface area contributed by atoms with Gasteiger partial charge in [-0.25, -0.2) is 0 Å². The highest BCUT2D eigenvalue weighted by Gasteiger charge is 2.25. The maximum absolute atomic E-state index is 12.2. The summed E-state index contributed by atoms with van der Waals surface area (Å²) < 4.78 is 0. The number of rotatable bonds is 4. The number of nitrogens with zero attached hydrogens (tertiary/aromatic N) is 1. The number of piperidine rings is 1. The van der Waals surface area contributed by atoms with Gasteiger partial charge in [0.2, 0.25) is 5.91 Å². The summed E-state index contributed by atoms with van der Waals surface area (Å²) in [5, 5.41) is 3.24. The molecule has 2 aliphatic rings. The molecule has 2 saturated heterocycles. The molecule has 3 nitrogen and oxygen atoms in total. The van der Waals surface area contributed by atoms with E-state index in [-0.39, 0.29) is 0 Å². The van der Waals surface area contributed by atoms with Gasteiger partial charge in [-0.2, -0.15) is 11.8 Å². The van der Waals surface area contributed by atoms with Crippen LogP contribution in [0.2, 0.25) is 0 Å². The van der Waals surface area contributed by atoms with Gasteiger partial charge in [-0.15, -0.1) is 0 Å². The van der Waals surface area contributed by atoms with Gasteiger partial charge >= 0.3 is 0 Å². The van der Waals surface area contributed by atoms with Gasteiger partial charge in [-0.1, -0.05) is 0 Å². The van der Waals surface area contributed by atoms with Gasteiger partial charge in [-0.05, 0) is 62.6 Å². The van der Waals surface area contributed by atoms with E-state index in [1.807, 2.05) is 18.8 Å². The van der Waals surface area contributed by atoms with E-state index >= 15 is 0 Å². The third-order valence-corrected chi connectivity index (χ3v) is 5.31. The van der Waals surface area contributed by atoms with Crippen LogP contribution in [0, 0.1) is 11.8 Å². The number of thioether (sulfide) groups is 1. The minimum atomic E-state index is 0.412. The molecular weight excluding hydrogens is 244 g/mol. The zero-order valence-corrected chi connectivity index (χ0v) is 12.3. The Labute approximate surface area is 115 Å². The Morgan fingerprint density at radius 3 is 2.44 bits per heavy atom. The first-order chi connectivity index (χ1) is 8.79. The number of hydrogen-bond acceptors (Lipinski definition) is 3. The Morgan fingerprint density at radius 1 is 1.17 bits per heavy atom. The summed E-state index contributed by atoms with van der Waals surface area (Å²) in [6.07, 6.45) is 5.64. The van der Waals surface area contributed by atoms with Crippen molar-refractivity contribution in [2.45, 2.75) is 32.1 Å². The van der Waals surface area contributed by atoms with Crippen LogP contribution in [0.1, 0.15) is 32.1 Å². The van der Waals surface area contributed by atoms with Crippen molar-refractivity contribution in [3.05, 3.63) is 0 Å². The predicted molar refractivity (Wildman–Crippen MR) is 77.9 cm³/mol. The molecule has 0 aromatic rings. The summed E-state index contributed by atoms with van der Waals surface area (Å²) in [4.78, 5) is 14.3. The highest BCUT2D eigenvalue weighted by molar-refractivity contribution is 7.99. The van der Waals surface area contributed by atoms with Crippen molar-refractivity contribution in [2.24, 2.45) is 11.8 Å². The number of likely N-dealkylation sites (tertiary alicyclic amines) is 1. The molecule has 0 atom stereocenters. The Bertz CT molecular complexity index is 259. The monoisotopic (exact) mass is 270 g/mol. The summed E-state index contributed by atoms with van der Waals surface area (Å²) in [6.45, 7) is 3.06. The lowest BCUT2D eigenvalue weighted by molar-refractivity contribution is -0.133. The van der Waals surface area contributed by atoms with Crippen molar-refractivity contribution >= 4 is 17.7 Å². The van der Waals surface area contributed by atoms with Crippen LogP contribution < -0.4 is 5.32 Å². The van der Waals surface area contributed by atoms with Gasteiger partial charge in [0.25, 0.3) is 0 Å². The molecule has 0 spiro atoms. The van der Waals surface area contributed by atoms with Crippen LogP contribution in [-0.4, -0.2) is 49.0 Å². The smallest absolute Gasteiger partial charge is 0.222 e. The number of carbonyl (C=O) groups is 1.